The molecule has 3 heteroatoms. The van der Waals surface area contributed by atoms with Crippen LogP contribution in [0.2, 0.25) is 0 Å². The molecule has 1 rings (SSSR count). The minimum atomic E-state index is 0.144. The van der Waals surface area contributed by atoms with Crippen molar-refractivity contribution in [2.75, 3.05) is 26.2 Å². The van der Waals surface area contributed by atoms with Gasteiger partial charge in [0.2, 0.25) is 5.91 Å². The third kappa shape index (κ3) is 4.04. The van der Waals surface area contributed by atoms with Crippen LogP contribution >= 0.6 is 0 Å². The standard InChI is InChI=1S/C12H22N2O/c1-3-6-12(15)14(4-2)10-11-7-5-8-13-9-11/h3,6,11,13H,4-5,7-10H2,1-2H3/b6-3+. The Labute approximate surface area is 92.5 Å². The van der Waals surface area contributed by atoms with Crippen LogP contribution in [-0.2, 0) is 4.79 Å². The molecule has 15 heavy (non-hydrogen) atoms. The van der Waals surface area contributed by atoms with E-state index in [1.807, 2.05) is 24.8 Å². The van der Waals surface area contributed by atoms with Gasteiger partial charge in [0.1, 0.15) is 0 Å². The molecule has 0 spiro atoms. The maximum atomic E-state index is 11.7. The van der Waals surface area contributed by atoms with Crippen molar-refractivity contribution < 1.29 is 4.79 Å². The Hall–Kier alpha value is -0.830. The number of rotatable bonds is 4. The van der Waals surface area contributed by atoms with Crippen LogP contribution in [0.4, 0.5) is 0 Å². The molecular formula is C12H22N2O. The first-order chi connectivity index (χ1) is 7.27. The fourth-order valence-corrected chi connectivity index (χ4v) is 2.01. The van der Waals surface area contributed by atoms with Gasteiger partial charge in [-0.2, -0.15) is 0 Å². The maximum Gasteiger partial charge on any atom is 0.246 e. The highest BCUT2D eigenvalue weighted by atomic mass is 16.2. The lowest BCUT2D eigenvalue weighted by molar-refractivity contribution is -0.126. The van der Waals surface area contributed by atoms with Gasteiger partial charge in [0.25, 0.3) is 0 Å². The van der Waals surface area contributed by atoms with E-state index in [0.717, 1.165) is 26.2 Å². The van der Waals surface area contributed by atoms with Gasteiger partial charge in [-0.15, -0.1) is 0 Å². The van der Waals surface area contributed by atoms with E-state index in [1.54, 1.807) is 6.08 Å². The number of carbonyl (C=O) groups excluding carboxylic acids is 1. The van der Waals surface area contributed by atoms with Gasteiger partial charge in [0, 0.05) is 13.1 Å². The molecule has 1 amide bonds. The van der Waals surface area contributed by atoms with E-state index in [-0.39, 0.29) is 5.91 Å². The van der Waals surface area contributed by atoms with Gasteiger partial charge in [-0.3, -0.25) is 4.79 Å². The van der Waals surface area contributed by atoms with Crippen LogP contribution in [0.1, 0.15) is 26.7 Å². The summed E-state index contributed by atoms with van der Waals surface area (Å²) in [4.78, 5) is 13.6. The SMILES string of the molecule is C/C=C/C(=O)N(CC)CC1CCCNC1. The third-order valence-corrected chi connectivity index (χ3v) is 2.88. The minimum Gasteiger partial charge on any atom is -0.339 e. The van der Waals surface area contributed by atoms with Gasteiger partial charge in [-0.25, -0.2) is 0 Å². The number of nitrogens with zero attached hydrogens (tertiary/aromatic N) is 1. The molecule has 0 bridgehead atoms. The molecule has 0 aromatic carbocycles. The second kappa shape index (κ2) is 6.62. The van der Waals surface area contributed by atoms with Crippen molar-refractivity contribution in [3.05, 3.63) is 12.2 Å². The summed E-state index contributed by atoms with van der Waals surface area (Å²) in [6.45, 7) is 7.81. The van der Waals surface area contributed by atoms with Gasteiger partial charge in [-0.1, -0.05) is 6.08 Å². The molecule has 1 aliphatic heterocycles. The molecule has 1 aliphatic rings. The topological polar surface area (TPSA) is 32.3 Å². The Morgan fingerprint density at radius 3 is 2.93 bits per heavy atom. The number of piperidine rings is 1. The van der Waals surface area contributed by atoms with Crippen molar-refractivity contribution in [3.63, 3.8) is 0 Å². The molecule has 1 N–H and O–H groups in total. The molecule has 1 unspecified atom stereocenters. The third-order valence-electron chi connectivity index (χ3n) is 2.88. The predicted octanol–water partition coefficient (Wildman–Crippen LogP) is 1.41. The zero-order valence-electron chi connectivity index (χ0n) is 9.83. The molecule has 1 atom stereocenters. The van der Waals surface area contributed by atoms with Crippen LogP contribution in [0.5, 0.6) is 0 Å². The molecule has 0 aromatic heterocycles. The number of nitrogens with one attached hydrogen (secondary N) is 1. The van der Waals surface area contributed by atoms with E-state index >= 15 is 0 Å². The zero-order chi connectivity index (χ0) is 11.1. The smallest absolute Gasteiger partial charge is 0.246 e. The van der Waals surface area contributed by atoms with Gasteiger partial charge in [0.15, 0.2) is 0 Å². The van der Waals surface area contributed by atoms with Crippen molar-refractivity contribution in [3.8, 4) is 0 Å². The molecule has 1 heterocycles. The normalized spacial score (nSPS) is 21.9. The number of hydrogen-bond acceptors (Lipinski definition) is 2. The van der Waals surface area contributed by atoms with Crippen LogP contribution < -0.4 is 5.32 Å². The maximum absolute atomic E-state index is 11.7. The lowest BCUT2D eigenvalue weighted by Gasteiger charge is -2.28. The zero-order valence-corrected chi connectivity index (χ0v) is 9.83. The van der Waals surface area contributed by atoms with Crippen LogP contribution in [0.3, 0.4) is 0 Å². The number of hydrogen-bond donors (Lipinski definition) is 1. The first-order valence-electron chi connectivity index (χ1n) is 5.90. The van der Waals surface area contributed by atoms with Crippen LogP contribution in [-0.4, -0.2) is 37.0 Å². The highest BCUT2D eigenvalue weighted by Crippen LogP contribution is 2.11. The quantitative estimate of drug-likeness (QED) is 0.712. The Balaban J connectivity index is 2.41. The van der Waals surface area contributed by atoms with E-state index < -0.39 is 0 Å². The summed E-state index contributed by atoms with van der Waals surface area (Å²) >= 11 is 0. The van der Waals surface area contributed by atoms with Crippen molar-refractivity contribution >= 4 is 5.91 Å². The number of likely N-dealkylation sites (N-methyl/N-ethyl adjacent to an activating group) is 1. The largest absolute Gasteiger partial charge is 0.339 e. The van der Waals surface area contributed by atoms with Crippen LogP contribution in [0.15, 0.2) is 12.2 Å². The van der Waals surface area contributed by atoms with E-state index in [2.05, 4.69) is 5.32 Å². The van der Waals surface area contributed by atoms with E-state index in [4.69, 9.17) is 0 Å². The lowest BCUT2D eigenvalue weighted by atomic mass is 9.99. The molecular weight excluding hydrogens is 188 g/mol. The van der Waals surface area contributed by atoms with E-state index in [1.165, 1.54) is 12.8 Å². The molecule has 1 saturated heterocycles. The molecule has 86 valence electrons. The van der Waals surface area contributed by atoms with Crippen molar-refractivity contribution in [2.24, 2.45) is 5.92 Å². The summed E-state index contributed by atoms with van der Waals surface area (Å²) in [6.07, 6.45) is 5.94. The Bertz CT molecular complexity index is 220. The van der Waals surface area contributed by atoms with Crippen molar-refractivity contribution in [1.29, 1.82) is 0 Å². The van der Waals surface area contributed by atoms with E-state index in [0.29, 0.717) is 5.92 Å². The fraction of sp³-hybridized carbons (Fsp3) is 0.750. The summed E-state index contributed by atoms with van der Waals surface area (Å²) in [5, 5.41) is 3.38. The molecule has 1 fully saturated rings. The van der Waals surface area contributed by atoms with Gasteiger partial charge in [-0.05, 0) is 51.8 Å². The summed E-state index contributed by atoms with van der Waals surface area (Å²) in [5.74, 6) is 0.776. The van der Waals surface area contributed by atoms with Gasteiger partial charge in [0.05, 0.1) is 0 Å². The highest BCUT2D eigenvalue weighted by molar-refractivity contribution is 5.87. The number of carbonyl (C=O) groups is 1. The van der Waals surface area contributed by atoms with Gasteiger partial charge < -0.3 is 10.2 Å². The van der Waals surface area contributed by atoms with Crippen LogP contribution in [0, 0.1) is 5.92 Å². The molecule has 0 aliphatic carbocycles. The monoisotopic (exact) mass is 210 g/mol. The van der Waals surface area contributed by atoms with E-state index in [9.17, 15) is 4.79 Å². The molecule has 0 aromatic rings. The second-order valence-electron chi connectivity index (χ2n) is 4.09. The number of allylic oxidation sites excluding steroid dienone is 1. The lowest BCUT2D eigenvalue weighted by Crippen LogP contribution is -2.40. The van der Waals surface area contributed by atoms with Crippen molar-refractivity contribution in [2.45, 2.75) is 26.7 Å². The first-order valence-corrected chi connectivity index (χ1v) is 5.90. The molecule has 0 saturated carbocycles. The highest BCUT2D eigenvalue weighted by Gasteiger charge is 2.17. The van der Waals surface area contributed by atoms with Gasteiger partial charge >= 0.3 is 0 Å². The fourth-order valence-electron chi connectivity index (χ4n) is 2.01. The summed E-state index contributed by atoms with van der Waals surface area (Å²) in [7, 11) is 0. The average molecular weight is 210 g/mol. The first kappa shape index (κ1) is 12.2. The minimum absolute atomic E-state index is 0.144. The Morgan fingerprint density at radius 2 is 2.40 bits per heavy atom. The summed E-state index contributed by atoms with van der Waals surface area (Å²) in [5.41, 5.74) is 0. The molecule has 3 nitrogen and oxygen atoms in total. The van der Waals surface area contributed by atoms with Crippen LogP contribution in [0.25, 0.3) is 0 Å². The summed E-state index contributed by atoms with van der Waals surface area (Å²) < 4.78 is 0. The predicted molar refractivity (Wildman–Crippen MR) is 62.7 cm³/mol. The average Bonchev–Trinajstić information content (AvgIpc) is 2.27. The molecule has 0 radical (unpaired) electrons. The summed E-state index contributed by atoms with van der Waals surface area (Å²) in [6, 6.07) is 0. The Kier molecular flexibility index (Phi) is 5.40. The second-order valence-corrected chi connectivity index (χ2v) is 4.09. The van der Waals surface area contributed by atoms with Crippen molar-refractivity contribution in [1.82, 2.24) is 10.2 Å². The Morgan fingerprint density at radius 1 is 1.60 bits per heavy atom. The number of amides is 1.